The molecule has 0 unspecified atom stereocenters. The Morgan fingerprint density at radius 2 is 1.45 bits per heavy atom. The second-order valence-electron chi connectivity index (χ2n) is 7.85. The molecule has 22 heavy (non-hydrogen) atoms. The fourth-order valence-electron chi connectivity index (χ4n) is 6.11. The van der Waals surface area contributed by atoms with Crippen molar-refractivity contribution in [3.63, 3.8) is 0 Å². The van der Waals surface area contributed by atoms with Crippen LogP contribution in [0.4, 0.5) is 0 Å². The minimum absolute atomic E-state index is 0.0155. The Hall–Kier alpha value is -1.11. The van der Waals surface area contributed by atoms with Gasteiger partial charge in [-0.3, -0.25) is 4.79 Å². The van der Waals surface area contributed by atoms with Crippen LogP contribution in [0.15, 0.2) is 30.3 Å². The molecule has 1 heteroatoms. The number of Topliss-reactive ketones (excluding diaryl/α,β-unsaturated/α-hetero) is 1. The van der Waals surface area contributed by atoms with Crippen LogP contribution < -0.4 is 0 Å². The highest BCUT2D eigenvalue weighted by atomic mass is 16.1. The Morgan fingerprint density at radius 1 is 0.818 bits per heavy atom. The molecule has 3 aliphatic rings. The van der Waals surface area contributed by atoms with Crippen LogP contribution in [0, 0.1) is 23.2 Å². The summed E-state index contributed by atoms with van der Waals surface area (Å²) in [5.74, 6) is 2.72. The lowest BCUT2D eigenvalue weighted by atomic mass is 9.39. The van der Waals surface area contributed by atoms with Crippen molar-refractivity contribution in [3.05, 3.63) is 35.9 Å². The SMILES string of the molecule is O=C(c1ccccc1)[C@@]12CCCC[C@H]1[C@@H]1CCCCCC[C@H]12. The summed E-state index contributed by atoms with van der Waals surface area (Å²) in [6.07, 6.45) is 13.3. The fourth-order valence-corrected chi connectivity index (χ4v) is 6.11. The minimum atomic E-state index is 0.0155. The Labute approximate surface area is 134 Å². The Bertz CT molecular complexity index is 534. The number of ketones is 1. The highest BCUT2D eigenvalue weighted by Crippen LogP contribution is 2.67. The molecule has 0 bridgehead atoms. The molecule has 0 amide bonds. The quantitative estimate of drug-likeness (QED) is 0.645. The average Bonchev–Trinajstić information content (AvgIpc) is 2.54. The molecule has 0 aliphatic heterocycles. The highest BCUT2D eigenvalue weighted by Gasteiger charge is 2.64. The number of carbonyl (C=O) groups is 1. The summed E-state index contributed by atoms with van der Waals surface area (Å²) in [5.41, 5.74) is 0.983. The largest absolute Gasteiger partial charge is 0.294 e. The van der Waals surface area contributed by atoms with Crippen LogP contribution in [-0.4, -0.2) is 5.78 Å². The van der Waals surface area contributed by atoms with E-state index in [1.54, 1.807) is 0 Å². The van der Waals surface area contributed by atoms with Crippen LogP contribution in [-0.2, 0) is 0 Å². The van der Waals surface area contributed by atoms with Gasteiger partial charge in [0.25, 0.3) is 0 Å². The van der Waals surface area contributed by atoms with Gasteiger partial charge in [-0.05, 0) is 43.4 Å². The van der Waals surface area contributed by atoms with Crippen molar-refractivity contribution in [2.75, 3.05) is 0 Å². The van der Waals surface area contributed by atoms with Gasteiger partial charge in [0.2, 0.25) is 0 Å². The number of fused-ring (bicyclic) bond motifs is 4. The zero-order chi connectivity index (χ0) is 15.0. The summed E-state index contributed by atoms with van der Waals surface area (Å²) in [4.78, 5) is 13.4. The maximum absolute atomic E-state index is 13.4. The lowest BCUT2D eigenvalue weighted by Gasteiger charge is -2.64. The van der Waals surface area contributed by atoms with Crippen LogP contribution >= 0.6 is 0 Å². The summed E-state index contributed by atoms with van der Waals surface area (Å²) in [6, 6.07) is 10.1. The number of benzene rings is 1. The predicted octanol–water partition coefficient (Wildman–Crippen LogP) is 5.65. The van der Waals surface area contributed by atoms with Crippen LogP contribution in [0.5, 0.6) is 0 Å². The molecule has 4 rings (SSSR count). The molecule has 1 aromatic rings. The molecule has 0 heterocycles. The van der Waals surface area contributed by atoms with E-state index in [-0.39, 0.29) is 5.41 Å². The van der Waals surface area contributed by atoms with E-state index in [1.807, 2.05) is 30.3 Å². The maximum atomic E-state index is 13.4. The monoisotopic (exact) mass is 296 g/mol. The molecule has 0 saturated heterocycles. The van der Waals surface area contributed by atoms with Gasteiger partial charge in [0.1, 0.15) is 0 Å². The van der Waals surface area contributed by atoms with E-state index in [1.165, 1.54) is 57.8 Å². The van der Waals surface area contributed by atoms with Gasteiger partial charge in [0, 0.05) is 11.0 Å². The zero-order valence-corrected chi connectivity index (χ0v) is 13.6. The van der Waals surface area contributed by atoms with Crippen LogP contribution in [0.1, 0.15) is 74.6 Å². The van der Waals surface area contributed by atoms with Crippen LogP contribution in [0.25, 0.3) is 0 Å². The van der Waals surface area contributed by atoms with Crippen molar-refractivity contribution in [1.82, 2.24) is 0 Å². The van der Waals surface area contributed by atoms with E-state index in [0.29, 0.717) is 17.6 Å². The van der Waals surface area contributed by atoms with Crippen molar-refractivity contribution in [1.29, 1.82) is 0 Å². The van der Waals surface area contributed by atoms with Gasteiger partial charge in [-0.25, -0.2) is 0 Å². The molecule has 0 spiro atoms. The molecule has 3 saturated carbocycles. The third-order valence-corrected chi connectivity index (χ3v) is 6.97. The lowest BCUT2D eigenvalue weighted by molar-refractivity contribution is -0.128. The molecule has 0 aromatic heterocycles. The second-order valence-corrected chi connectivity index (χ2v) is 7.85. The van der Waals surface area contributed by atoms with Crippen molar-refractivity contribution in [3.8, 4) is 0 Å². The average molecular weight is 296 g/mol. The van der Waals surface area contributed by atoms with Crippen molar-refractivity contribution in [2.45, 2.75) is 64.2 Å². The smallest absolute Gasteiger partial charge is 0.169 e. The van der Waals surface area contributed by atoms with Crippen molar-refractivity contribution >= 4 is 5.78 Å². The van der Waals surface area contributed by atoms with Crippen molar-refractivity contribution in [2.24, 2.45) is 23.2 Å². The van der Waals surface area contributed by atoms with Gasteiger partial charge in [-0.15, -0.1) is 0 Å². The van der Waals surface area contributed by atoms with Gasteiger partial charge in [0.15, 0.2) is 5.78 Å². The van der Waals surface area contributed by atoms with E-state index >= 15 is 0 Å². The summed E-state index contributed by atoms with van der Waals surface area (Å²) in [5, 5.41) is 0. The summed E-state index contributed by atoms with van der Waals surface area (Å²) >= 11 is 0. The maximum Gasteiger partial charge on any atom is 0.169 e. The van der Waals surface area contributed by atoms with Crippen LogP contribution in [0.2, 0.25) is 0 Å². The lowest BCUT2D eigenvalue weighted by Crippen LogP contribution is -2.62. The summed E-state index contributed by atoms with van der Waals surface area (Å²) in [6.45, 7) is 0. The number of carbonyl (C=O) groups excluding carboxylic acids is 1. The topological polar surface area (TPSA) is 17.1 Å². The first-order chi connectivity index (χ1) is 10.8. The number of rotatable bonds is 2. The fraction of sp³-hybridized carbons (Fsp3) is 0.667. The van der Waals surface area contributed by atoms with E-state index in [9.17, 15) is 4.79 Å². The molecule has 4 atom stereocenters. The molecule has 118 valence electrons. The zero-order valence-electron chi connectivity index (χ0n) is 13.6. The molecular formula is C21H28O. The number of hydrogen-bond acceptors (Lipinski definition) is 1. The molecule has 0 radical (unpaired) electrons. The molecule has 1 aromatic carbocycles. The van der Waals surface area contributed by atoms with E-state index in [0.717, 1.165) is 17.9 Å². The van der Waals surface area contributed by atoms with E-state index in [4.69, 9.17) is 0 Å². The molecule has 3 fully saturated rings. The van der Waals surface area contributed by atoms with Gasteiger partial charge in [-0.2, -0.15) is 0 Å². The molecule has 3 aliphatic carbocycles. The second kappa shape index (κ2) is 5.83. The van der Waals surface area contributed by atoms with Gasteiger partial charge in [-0.1, -0.05) is 68.9 Å². The first kappa shape index (κ1) is 14.5. The molecular weight excluding hydrogens is 268 g/mol. The van der Waals surface area contributed by atoms with Crippen molar-refractivity contribution < 1.29 is 4.79 Å². The third-order valence-electron chi connectivity index (χ3n) is 6.97. The summed E-state index contributed by atoms with van der Waals surface area (Å²) in [7, 11) is 0. The minimum Gasteiger partial charge on any atom is -0.294 e. The van der Waals surface area contributed by atoms with Gasteiger partial charge >= 0.3 is 0 Å². The van der Waals surface area contributed by atoms with Crippen LogP contribution in [0.3, 0.4) is 0 Å². The predicted molar refractivity (Wildman–Crippen MR) is 89.8 cm³/mol. The highest BCUT2D eigenvalue weighted by molar-refractivity contribution is 6.01. The molecule has 1 nitrogen and oxygen atoms in total. The third kappa shape index (κ3) is 2.08. The number of hydrogen-bond donors (Lipinski definition) is 0. The Morgan fingerprint density at radius 3 is 2.18 bits per heavy atom. The Kier molecular flexibility index (Phi) is 3.84. The van der Waals surface area contributed by atoms with Gasteiger partial charge in [0.05, 0.1) is 0 Å². The first-order valence-electron chi connectivity index (χ1n) is 9.44. The first-order valence-corrected chi connectivity index (χ1v) is 9.44. The van der Waals surface area contributed by atoms with E-state index < -0.39 is 0 Å². The Balaban J connectivity index is 1.68. The summed E-state index contributed by atoms with van der Waals surface area (Å²) < 4.78 is 0. The normalized spacial score (nSPS) is 37.9. The molecule has 0 N–H and O–H groups in total. The standard InChI is InChI=1S/C21H28O/c22-20(16-10-4-3-5-11-16)21-15-9-8-14-19(21)17-12-6-1-2-7-13-18(17)21/h3-5,10-11,17-19H,1-2,6-9,12-15H2/t17-,18-,19+,21-/m1/s1. The van der Waals surface area contributed by atoms with Gasteiger partial charge < -0.3 is 0 Å². The van der Waals surface area contributed by atoms with E-state index in [2.05, 4.69) is 0 Å².